The minimum Gasteiger partial charge on any atom is -0.481 e. The number of aromatic amines is 1. The monoisotopic (exact) mass is 785 g/mol. The van der Waals surface area contributed by atoms with E-state index < -0.39 is 29.9 Å². The molecule has 9 nitrogen and oxygen atoms in total. The Balaban J connectivity index is 2.51. The van der Waals surface area contributed by atoms with E-state index >= 15 is 0 Å². The predicted octanol–water partition coefficient (Wildman–Crippen LogP) is 12.0. The fraction of sp³-hybridized carbons (Fsp3) is 0.787. The Morgan fingerprint density at radius 1 is 0.679 bits per heavy atom. The molecule has 0 saturated carbocycles. The van der Waals surface area contributed by atoms with Crippen LogP contribution in [0.1, 0.15) is 219 Å². The minimum absolute atomic E-state index is 0.0506. The predicted molar refractivity (Wildman–Crippen MR) is 232 cm³/mol. The molecule has 1 aromatic heterocycles. The second-order valence-corrected chi connectivity index (χ2v) is 16.0. The number of carbonyl (C=O) groups is 3. The number of aromatic nitrogens is 2. The number of unbranched alkanes of at least 4 members (excludes halogenated alkanes) is 23. The molecule has 1 rings (SSSR count). The lowest BCUT2D eigenvalue weighted by molar-refractivity contribution is -0.154. The molecular weight excluding hydrogens is 701 g/mol. The Labute approximate surface area is 342 Å². The number of nitrogens with two attached hydrogens (primary N) is 1. The Morgan fingerprint density at radius 2 is 1.11 bits per heavy atom. The number of nitrogens with one attached hydrogen (secondary N) is 2. The highest BCUT2D eigenvalue weighted by Gasteiger charge is 2.28. The van der Waals surface area contributed by atoms with Crippen LogP contribution in [0.5, 0.6) is 0 Å². The summed E-state index contributed by atoms with van der Waals surface area (Å²) in [6, 6.07) is -1.98. The van der Waals surface area contributed by atoms with Crippen molar-refractivity contribution < 1.29 is 24.2 Å². The molecule has 0 aliphatic heterocycles. The summed E-state index contributed by atoms with van der Waals surface area (Å²) in [6.07, 6.45) is 47.1. The highest BCUT2D eigenvalue weighted by atomic mass is 16.5. The summed E-state index contributed by atoms with van der Waals surface area (Å²) in [5.74, 6) is -2.13. The van der Waals surface area contributed by atoms with E-state index in [2.05, 4.69) is 53.4 Å². The first-order valence-corrected chi connectivity index (χ1v) is 23.1. The number of ether oxygens (including phenoxy) is 1. The van der Waals surface area contributed by atoms with Crippen LogP contribution in [-0.2, 0) is 25.5 Å². The molecule has 322 valence electrons. The molecule has 3 unspecified atom stereocenters. The van der Waals surface area contributed by atoms with Crippen LogP contribution in [0.4, 0.5) is 0 Å². The number of aliphatic carboxylic acids is 1. The first-order valence-electron chi connectivity index (χ1n) is 23.1. The zero-order chi connectivity index (χ0) is 40.7. The second kappa shape index (κ2) is 37.6. The van der Waals surface area contributed by atoms with Gasteiger partial charge in [-0.25, -0.2) is 9.78 Å². The molecule has 0 spiro atoms. The van der Waals surface area contributed by atoms with Gasteiger partial charge in [-0.1, -0.05) is 147 Å². The molecule has 3 atom stereocenters. The van der Waals surface area contributed by atoms with Crippen LogP contribution < -0.4 is 11.1 Å². The second-order valence-electron chi connectivity index (χ2n) is 16.0. The lowest BCUT2D eigenvalue weighted by Crippen LogP contribution is -2.50. The molecule has 5 N–H and O–H groups in total. The van der Waals surface area contributed by atoms with Crippen molar-refractivity contribution in [3.8, 4) is 0 Å². The molecule has 9 heteroatoms. The van der Waals surface area contributed by atoms with E-state index in [9.17, 15) is 19.5 Å². The van der Waals surface area contributed by atoms with E-state index in [0.29, 0.717) is 5.69 Å². The highest BCUT2D eigenvalue weighted by molar-refractivity contribution is 5.87. The first kappa shape index (κ1) is 51.1. The van der Waals surface area contributed by atoms with E-state index in [1.165, 1.54) is 135 Å². The molecule has 0 saturated heterocycles. The quantitative estimate of drug-likeness (QED) is 0.0294. The summed E-state index contributed by atoms with van der Waals surface area (Å²) in [4.78, 5) is 44.7. The number of H-pyrrole nitrogens is 1. The lowest BCUT2D eigenvalue weighted by Gasteiger charge is -2.24. The highest BCUT2D eigenvalue weighted by Crippen LogP contribution is 2.19. The van der Waals surface area contributed by atoms with Crippen molar-refractivity contribution in [3.05, 3.63) is 42.5 Å². The first-order chi connectivity index (χ1) is 27.4. The number of esters is 1. The third kappa shape index (κ3) is 31.2. The van der Waals surface area contributed by atoms with E-state index in [4.69, 9.17) is 10.5 Å². The topological polar surface area (TPSA) is 147 Å². The van der Waals surface area contributed by atoms with Crippen molar-refractivity contribution in [2.45, 2.75) is 238 Å². The minimum atomic E-state index is -1.07. The van der Waals surface area contributed by atoms with Crippen molar-refractivity contribution >= 4 is 17.8 Å². The number of hydrogen-bond acceptors (Lipinski definition) is 6. The zero-order valence-electron chi connectivity index (χ0n) is 35.9. The van der Waals surface area contributed by atoms with Gasteiger partial charge in [0, 0.05) is 24.7 Å². The molecule has 0 aromatic carbocycles. The van der Waals surface area contributed by atoms with Crippen molar-refractivity contribution in [2.24, 2.45) is 5.73 Å². The fourth-order valence-corrected chi connectivity index (χ4v) is 7.09. The number of imidazole rings is 1. The Bertz CT molecular complexity index is 1120. The number of hydrogen-bond donors (Lipinski definition) is 4. The summed E-state index contributed by atoms with van der Waals surface area (Å²) in [6.45, 7) is 4.52. The third-order valence-electron chi connectivity index (χ3n) is 10.7. The maximum Gasteiger partial charge on any atom is 0.328 e. The van der Waals surface area contributed by atoms with Gasteiger partial charge in [-0.3, -0.25) is 9.59 Å². The standard InChI is InChI=1S/C47H84N4O5/c1-3-5-7-9-11-13-15-17-19-21-23-25-27-29-31-33-35-42(34-32-30-28-26-24-22-20-18-16-14-12-10-8-6-4-2)56-47(55)44(36-37-45(52)53)51-46(54)43(48)38-41-39-49-40-50-41/h17-20,39-40,42-44H,3-16,21-38,48H2,1-2H3,(H,49,50)(H,51,54)(H,52,53)/b19-17-,20-18-. The number of amides is 1. The van der Waals surface area contributed by atoms with Gasteiger partial charge in [0.2, 0.25) is 5.91 Å². The van der Waals surface area contributed by atoms with E-state index in [1.807, 2.05) is 0 Å². The molecular formula is C47H84N4O5. The van der Waals surface area contributed by atoms with Gasteiger partial charge >= 0.3 is 11.9 Å². The van der Waals surface area contributed by atoms with Gasteiger partial charge in [0.25, 0.3) is 0 Å². The molecule has 0 aliphatic rings. The van der Waals surface area contributed by atoms with Crippen LogP contribution in [0, 0.1) is 0 Å². The van der Waals surface area contributed by atoms with Crippen LogP contribution >= 0.6 is 0 Å². The number of allylic oxidation sites excluding steroid dienone is 4. The van der Waals surface area contributed by atoms with E-state index in [0.717, 1.165) is 57.8 Å². The molecule has 1 amide bonds. The van der Waals surface area contributed by atoms with E-state index in [-0.39, 0.29) is 25.4 Å². The van der Waals surface area contributed by atoms with Crippen LogP contribution in [0.25, 0.3) is 0 Å². The third-order valence-corrected chi connectivity index (χ3v) is 10.7. The lowest BCUT2D eigenvalue weighted by atomic mass is 10.0. The average Bonchev–Trinajstić information content (AvgIpc) is 3.70. The molecule has 56 heavy (non-hydrogen) atoms. The van der Waals surface area contributed by atoms with Gasteiger partial charge in [-0.2, -0.15) is 0 Å². The summed E-state index contributed by atoms with van der Waals surface area (Å²) in [5.41, 5.74) is 6.82. The molecule has 1 aromatic rings. The average molecular weight is 785 g/mol. The van der Waals surface area contributed by atoms with Crippen molar-refractivity contribution in [1.29, 1.82) is 0 Å². The van der Waals surface area contributed by atoms with Crippen LogP contribution in [0.2, 0.25) is 0 Å². The maximum atomic E-state index is 13.5. The Hall–Kier alpha value is -2.94. The smallest absolute Gasteiger partial charge is 0.328 e. The van der Waals surface area contributed by atoms with Gasteiger partial charge < -0.3 is 25.9 Å². The van der Waals surface area contributed by atoms with Gasteiger partial charge in [-0.15, -0.1) is 0 Å². The van der Waals surface area contributed by atoms with Crippen molar-refractivity contribution in [1.82, 2.24) is 15.3 Å². The summed E-state index contributed by atoms with van der Waals surface area (Å²) >= 11 is 0. The number of carbonyl (C=O) groups excluding carboxylic acids is 2. The normalized spacial score (nSPS) is 13.3. The molecule has 0 radical (unpaired) electrons. The largest absolute Gasteiger partial charge is 0.481 e. The molecule has 1 heterocycles. The van der Waals surface area contributed by atoms with Crippen LogP contribution in [-0.4, -0.2) is 51.1 Å². The summed E-state index contributed by atoms with van der Waals surface area (Å²) in [7, 11) is 0. The number of rotatable bonds is 40. The van der Waals surface area contributed by atoms with Crippen LogP contribution in [0.15, 0.2) is 36.8 Å². The van der Waals surface area contributed by atoms with E-state index in [1.54, 1.807) is 6.20 Å². The van der Waals surface area contributed by atoms with Gasteiger partial charge in [0.15, 0.2) is 0 Å². The zero-order valence-corrected chi connectivity index (χ0v) is 35.9. The molecule has 0 fully saturated rings. The van der Waals surface area contributed by atoms with Gasteiger partial charge in [0.05, 0.1) is 12.4 Å². The summed E-state index contributed by atoms with van der Waals surface area (Å²) in [5, 5.41) is 12.0. The maximum absolute atomic E-state index is 13.5. The summed E-state index contributed by atoms with van der Waals surface area (Å²) < 4.78 is 6.05. The Kier molecular flexibility index (Phi) is 34.3. The number of nitrogens with zero attached hydrogens (tertiary/aromatic N) is 1. The van der Waals surface area contributed by atoms with Gasteiger partial charge in [-0.05, 0) is 83.5 Å². The number of carboxylic acids is 1. The number of carboxylic acid groups (broad SMARTS) is 1. The van der Waals surface area contributed by atoms with Crippen molar-refractivity contribution in [2.75, 3.05) is 0 Å². The molecule has 0 bridgehead atoms. The van der Waals surface area contributed by atoms with Crippen LogP contribution in [0.3, 0.4) is 0 Å². The SMILES string of the molecule is CCCCCCCC/C=C\CCCCCCCCC(CCCCCCC/C=C\CCCCCCCC)OC(=O)C(CCC(=O)O)NC(=O)C(N)Cc1cnc[nH]1. The van der Waals surface area contributed by atoms with Gasteiger partial charge in [0.1, 0.15) is 12.1 Å². The molecule has 0 aliphatic carbocycles. The Morgan fingerprint density at radius 3 is 1.52 bits per heavy atom. The fourth-order valence-electron chi connectivity index (χ4n) is 7.09. The van der Waals surface area contributed by atoms with Crippen molar-refractivity contribution in [3.63, 3.8) is 0 Å².